The summed E-state index contributed by atoms with van der Waals surface area (Å²) in [6.07, 6.45) is 1.04. The number of benzene rings is 1. The number of nitrogens with zero attached hydrogens (tertiary/aromatic N) is 1. The van der Waals surface area contributed by atoms with Crippen LogP contribution in [0.15, 0.2) is 30.4 Å². The summed E-state index contributed by atoms with van der Waals surface area (Å²) in [6.45, 7) is 7.70. The topological polar surface area (TPSA) is 64.4 Å². The molecule has 0 aliphatic rings. The number of halogens is 1. The predicted octanol–water partition coefficient (Wildman–Crippen LogP) is 3.18. The van der Waals surface area contributed by atoms with E-state index in [1.807, 2.05) is 0 Å². The van der Waals surface area contributed by atoms with Gasteiger partial charge in [-0.3, -0.25) is 10.1 Å². The fourth-order valence-corrected chi connectivity index (χ4v) is 1.59. The lowest BCUT2D eigenvalue weighted by Gasteiger charge is -2.09. The van der Waals surface area contributed by atoms with E-state index in [1.54, 1.807) is 6.07 Å². The van der Waals surface area contributed by atoms with Crippen molar-refractivity contribution in [3.8, 4) is 5.75 Å². The summed E-state index contributed by atoms with van der Waals surface area (Å²) in [5.41, 5.74) is 0.694. The number of ether oxygens (including phenoxy) is 1. The van der Waals surface area contributed by atoms with Gasteiger partial charge in [0, 0.05) is 17.6 Å². The maximum Gasteiger partial charge on any atom is 0.312 e. The van der Waals surface area contributed by atoms with Crippen molar-refractivity contribution >= 4 is 17.3 Å². The minimum absolute atomic E-state index is 0.137. The molecule has 0 saturated heterocycles. The standard InChI is InChI=1S/C13H17ClN2O3/c1-3-6-15-8-10(2)9-19-13-5-4-11(14)7-12(13)16(17)18/h4-5,7,15H,2-3,6,8-9H2,1H3. The summed E-state index contributed by atoms with van der Waals surface area (Å²) < 4.78 is 5.41. The molecular weight excluding hydrogens is 268 g/mol. The lowest BCUT2D eigenvalue weighted by Crippen LogP contribution is -2.20. The molecule has 0 atom stereocenters. The zero-order chi connectivity index (χ0) is 14.3. The lowest BCUT2D eigenvalue weighted by molar-refractivity contribution is -0.385. The lowest BCUT2D eigenvalue weighted by atomic mass is 10.3. The third kappa shape index (κ3) is 5.28. The van der Waals surface area contributed by atoms with E-state index in [4.69, 9.17) is 16.3 Å². The fourth-order valence-electron chi connectivity index (χ4n) is 1.43. The van der Waals surface area contributed by atoms with Crippen LogP contribution in [0.5, 0.6) is 5.75 Å². The van der Waals surface area contributed by atoms with Crippen molar-refractivity contribution in [2.75, 3.05) is 19.7 Å². The highest BCUT2D eigenvalue weighted by molar-refractivity contribution is 6.30. The molecular formula is C13H17ClN2O3. The molecule has 0 heterocycles. The normalized spacial score (nSPS) is 10.2. The van der Waals surface area contributed by atoms with Crippen LogP contribution in [0, 0.1) is 10.1 Å². The first-order valence-corrected chi connectivity index (χ1v) is 6.36. The van der Waals surface area contributed by atoms with E-state index in [0.29, 0.717) is 11.6 Å². The van der Waals surface area contributed by atoms with Crippen molar-refractivity contribution in [1.29, 1.82) is 0 Å². The zero-order valence-electron chi connectivity index (χ0n) is 10.8. The molecule has 0 amide bonds. The molecule has 6 heteroatoms. The first kappa shape index (κ1) is 15.5. The quantitative estimate of drug-likeness (QED) is 0.345. The maximum absolute atomic E-state index is 10.9. The summed E-state index contributed by atoms with van der Waals surface area (Å²) in [7, 11) is 0. The van der Waals surface area contributed by atoms with Crippen molar-refractivity contribution in [1.82, 2.24) is 5.32 Å². The highest BCUT2D eigenvalue weighted by Crippen LogP contribution is 2.29. The largest absolute Gasteiger partial charge is 0.482 e. The summed E-state index contributed by atoms with van der Waals surface area (Å²) in [6, 6.07) is 4.32. The van der Waals surface area contributed by atoms with Crippen LogP contribution in [0.2, 0.25) is 5.02 Å². The number of hydrogen-bond donors (Lipinski definition) is 1. The third-order valence-electron chi connectivity index (χ3n) is 2.35. The second kappa shape index (κ2) is 7.76. The van der Waals surface area contributed by atoms with Gasteiger partial charge in [-0.25, -0.2) is 0 Å². The molecule has 0 fully saturated rings. The Morgan fingerprint density at radius 2 is 2.32 bits per heavy atom. The minimum Gasteiger partial charge on any atom is -0.482 e. The third-order valence-corrected chi connectivity index (χ3v) is 2.59. The molecule has 104 valence electrons. The highest BCUT2D eigenvalue weighted by atomic mass is 35.5. The maximum atomic E-state index is 10.9. The average molecular weight is 285 g/mol. The number of nitro groups is 1. The number of nitro benzene ring substituents is 1. The molecule has 5 nitrogen and oxygen atoms in total. The fraction of sp³-hybridized carbons (Fsp3) is 0.385. The molecule has 0 saturated carbocycles. The first-order valence-electron chi connectivity index (χ1n) is 5.98. The molecule has 0 aliphatic carbocycles. The van der Waals surface area contributed by atoms with Crippen LogP contribution >= 0.6 is 11.6 Å². The molecule has 1 aromatic carbocycles. The van der Waals surface area contributed by atoms with E-state index in [0.717, 1.165) is 18.5 Å². The Balaban J connectivity index is 2.57. The van der Waals surface area contributed by atoms with Gasteiger partial charge >= 0.3 is 5.69 Å². The van der Waals surface area contributed by atoms with Gasteiger partial charge in [-0.15, -0.1) is 0 Å². The van der Waals surface area contributed by atoms with Gasteiger partial charge in [0.1, 0.15) is 6.61 Å². The van der Waals surface area contributed by atoms with E-state index < -0.39 is 4.92 Å². The second-order valence-electron chi connectivity index (χ2n) is 4.08. The molecule has 0 bridgehead atoms. The van der Waals surface area contributed by atoms with Gasteiger partial charge in [0.2, 0.25) is 0 Å². The van der Waals surface area contributed by atoms with Crippen LogP contribution in [0.1, 0.15) is 13.3 Å². The van der Waals surface area contributed by atoms with Gasteiger partial charge in [-0.1, -0.05) is 25.1 Å². The Bertz CT molecular complexity index is 463. The van der Waals surface area contributed by atoms with E-state index >= 15 is 0 Å². The zero-order valence-corrected chi connectivity index (χ0v) is 11.6. The minimum atomic E-state index is -0.515. The SMILES string of the molecule is C=C(CNCCC)COc1ccc(Cl)cc1[N+](=O)[O-]. The molecule has 0 unspecified atom stereocenters. The molecule has 19 heavy (non-hydrogen) atoms. The van der Waals surface area contributed by atoms with Crippen molar-refractivity contribution < 1.29 is 9.66 Å². The number of nitrogens with one attached hydrogen (secondary N) is 1. The summed E-state index contributed by atoms with van der Waals surface area (Å²) in [5, 5.41) is 14.4. The van der Waals surface area contributed by atoms with Gasteiger partial charge in [0.25, 0.3) is 0 Å². The van der Waals surface area contributed by atoms with Gasteiger partial charge in [0.05, 0.1) is 4.92 Å². The number of rotatable bonds is 8. The van der Waals surface area contributed by atoms with Crippen LogP contribution < -0.4 is 10.1 Å². The molecule has 0 spiro atoms. The van der Waals surface area contributed by atoms with Crippen LogP contribution in [-0.4, -0.2) is 24.6 Å². The van der Waals surface area contributed by atoms with Crippen LogP contribution in [0.3, 0.4) is 0 Å². The Kier molecular flexibility index (Phi) is 6.32. The van der Waals surface area contributed by atoms with Gasteiger partial charge in [-0.05, 0) is 30.7 Å². The van der Waals surface area contributed by atoms with Crippen molar-refractivity contribution in [3.05, 3.63) is 45.5 Å². The summed E-state index contributed by atoms with van der Waals surface area (Å²) >= 11 is 5.72. The van der Waals surface area contributed by atoms with Gasteiger partial charge < -0.3 is 10.1 Å². The van der Waals surface area contributed by atoms with Gasteiger partial charge in [-0.2, -0.15) is 0 Å². The predicted molar refractivity (Wildman–Crippen MR) is 75.9 cm³/mol. The Morgan fingerprint density at radius 1 is 1.58 bits per heavy atom. The number of hydrogen-bond acceptors (Lipinski definition) is 4. The summed E-state index contributed by atoms with van der Waals surface area (Å²) in [5.74, 6) is 0.200. The molecule has 0 aliphatic heterocycles. The Labute approximate surface area is 117 Å². The smallest absolute Gasteiger partial charge is 0.312 e. The van der Waals surface area contributed by atoms with E-state index in [9.17, 15) is 10.1 Å². The van der Waals surface area contributed by atoms with Crippen LogP contribution in [-0.2, 0) is 0 Å². The van der Waals surface area contributed by atoms with Crippen LogP contribution in [0.25, 0.3) is 0 Å². The van der Waals surface area contributed by atoms with Gasteiger partial charge in [0.15, 0.2) is 5.75 Å². The highest BCUT2D eigenvalue weighted by Gasteiger charge is 2.15. The monoisotopic (exact) mass is 284 g/mol. The van der Waals surface area contributed by atoms with E-state index in [1.165, 1.54) is 12.1 Å². The summed E-state index contributed by atoms with van der Waals surface area (Å²) in [4.78, 5) is 10.3. The molecule has 1 rings (SSSR count). The van der Waals surface area contributed by atoms with Crippen LogP contribution in [0.4, 0.5) is 5.69 Å². The Hall–Kier alpha value is -1.59. The average Bonchev–Trinajstić information content (AvgIpc) is 2.37. The van der Waals surface area contributed by atoms with Crippen molar-refractivity contribution in [3.63, 3.8) is 0 Å². The first-order chi connectivity index (χ1) is 9.04. The molecule has 1 N–H and O–H groups in total. The Morgan fingerprint density at radius 3 is 2.95 bits per heavy atom. The molecule has 0 aromatic heterocycles. The van der Waals surface area contributed by atoms with E-state index in [-0.39, 0.29) is 18.0 Å². The molecule has 0 radical (unpaired) electrons. The van der Waals surface area contributed by atoms with E-state index in [2.05, 4.69) is 18.8 Å². The van der Waals surface area contributed by atoms with Crippen molar-refractivity contribution in [2.24, 2.45) is 0 Å². The molecule has 1 aromatic rings. The second-order valence-corrected chi connectivity index (χ2v) is 4.52. The van der Waals surface area contributed by atoms with Crippen molar-refractivity contribution in [2.45, 2.75) is 13.3 Å².